The molecule has 0 fully saturated rings. The summed E-state index contributed by atoms with van der Waals surface area (Å²) in [5, 5.41) is 10.7. The Bertz CT molecular complexity index is 428. The van der Waals surface area contributed by atoms with E-state index in [0.29, 0.717) is 5.92 Å². The van der Waals surface area contributed by atoms with Crippen LogP contribution < -0.4 is 0 Å². The van der Waals surface area contributed by atoms with Gasteiger partial charge < -0.3 is 5.11 Å². The second kappa shape index (κ2) is 5.16. The zero-order chi connectivity index (χ0) is 14.0. The fourth-order valence-electron chi connectivity index (χ4n) is 2.09. The van der Waals surface area contributed by atoms with E-state index in [4.69, 9.17) is 6.42 Å². The summed E-state index contributed by atoms with van der Waals surface area (Å²) in [5.41, 5.74) is 0.469. The highest BCUT2D eigenvalue weighted by Gasteiger charge is 2.39. The highest BCUT2D eigenvalue weighted by atomic mass is 16.3. The molecular weight excluding hydrogens is 220 g/mol. The highest BCUT2D eigenvalue weighted by molar-refractivity contribution is 5.35. The first kappa shape index (κ1) is 14.8. The molecule has 0 radical (unpaired) electrons. The van der Waals surface area contributed by atoms with Crippen LogP contribution in [0.25, 0.3) is 0 Å². The largest absolute Gasteiger partial charge is 0.373 e. The zero-order valence-electron chi connectivity index (χ0n) is 12.1. The van der Waals surface area contributed by atoms with Crippen molar-refractivity contribution >= 4 is 0 Å². The summed E-state index contributed by atoms with van der Waals surface area (Å²) in [6.07, 6.45) is 6.59. The summed E-state index contributed by atoms with van der Waals surface area (Å²) < 4.78 is 0. The lowest BCUT2D eigenvalue weighted by molar-refractivity contribution is -0.00887. The lowest BCUT2D eigenvalue weighted by Gasteiger charge is -2.36. The van der Waals surface area contributed by atoms with Crippen LogP contribution in [0.1, 0.15) is 45.7 Å². The summed E-state index contributed by atoms with van der Waals surface area (Å²) in [5.74, 6) is 3.18. The van der Waals surface area contributed by atoms with Crippen molar-refractivity contribution in [3.8, 4) is 12.3 Å². The van der Waals surface area contributed by atoms with Crippen molar-refractivity contribution < 1.29 is 5.11 Å². The molecule has 0 aliphatic carbocycles. The SMILES string of the molecule is C#CC(O)(c1ccc(CC(C)C)cc1)C(C)(C)C. The van der Waals surface area contributed by atoms with Gasteiger partial charge in [0.25, 0.3) is 0 Å². The number of terminal acetylenes is 1. The first-order chi connectivity index (χ1) is 8.20. The van der Waals surface area contributed by atoms with Crippen LogP contribution in [0.3, 0.4) is 0 Å². The molecule has 1 unspecified atom stereocenters. The molecule has 0 bridgehead atoms. The van der Waals surface area contributed by atoms with E-state index in [0.717, 1.165) is 12.0 Å². The molecule has 0 spiro atoms. The molecule has 0 aliphatic heterocycles. The van der Waals surface area contributed by atoms with Gasteiger partial charge in [-0.3, -0.25) is 0 Å². The fourth-order valence-corrected chi connectivity index (χ4v) is 2.09. The lowest BCUT2D eigenvalue weighted by Crippen LogP contribution is -2.38. The van der Waals surface area contributed by atoms with E-state index in [9.17, 15) is 5.11 Å². The summed E-state index contributed by atoms with van der Waals surface area (Å²) in [4.78, 5) is 0. The standard InChI is InChI=1S/C17H24O/c1-7-17(18,16(4,5)6)15-10-8-14(9-11-15)12-13(2)3/h1,8-11,13,18H,12H2,2-6H3. The van der Waals surface area contributed by atoms with Crippen molar-refractivity contribution in [1.82, 2.24) is 0 Å². The normalized spacial score (nSPS) is 15.2. The number of hydrogen-bond acceptors (Lipinski definition) is 1. The summed E-state index contributed by atoms with van der Waals surface area (Å²) in [6, 6.07) is 8.01. The topological polar surface area (TPSA) is 20.2 Å². The van der Waals surface area contributed by atoms with Crippen LogP contribution >= 0.6 is 0 Å². The summed E-state index contributed by atoms with van der Waals surface area (Å²) in [6.45, 7) is 10.3. The van der Waals surface area contributed by atoms with Crippen LogP contribution in [0.15, 0.2) is 24.3 Å². The first-order valence-corrected chi connectivity index (χ1v) is 6.50. The Labute approximate surface area is 111 Å². The smallest absolute Gasteiger partial charge is 0.155 e. The van der Waals surface area contributed by atoms with E-state index >= 15 is 0 Å². The molecule has 0 saturated heterocycles. The molecule has 0 aromatic heterocycles. The van der Waals surface area contributed by atoms with Gasteiger partial charge in [-0.05, 0) is 23.5 Å². The van der Waals surface area contributed by atoms with Crippen molar-refractivity contribution in [3.63, 3.8) is 0 Å². The highest BCUT2D eigenvalue weighted by Crippen LogP contribution is 2.38. The molecule has 1 rings (SSSR count). The molecule has 1 aromatic carbocycles. The number of hydrogen-bond donors (Lipinski definition) is 1. The number of rotatable bonds is 3. The molecule has 0 amide bonds. The van der Waals surface area contributed by atoms with Gasteiger partial charge in [-0.1, -0.05) is 64.8 Å². The third kappa shape index (κ3) is 2.94. The molecule has 1 aromatic rings. The van der Waals surface area contributed by atoms with Gasteiger partial charge in [0.1, 0.15) is 0 Å². The molecule has 0 saturated carbocycles. The van der Waals surface area contributed by atoms with Crippen molar-refractivity contribution in [2.24, 2.45) is 11.3 Å². The maximum Gasteiger partial charge on any atom is 0.155 e. The van der Waals surface area contributed by atoms with Gasteiger partial charge in [-0.15, -0.1) is 6.42 Å². The van der Waals surface area contributed by atoms with Crippen LogP contribution in [0.2, 0.25) is 0 Å². The Morgan fingerprint density at radius 3 is 2.00 bits per heavy atom. The van der Waals surface area contributed by atoms with Gasteiger partial charge in [-0.2, -0.15) is 0 Å². The maximum atomic E-state index is 10.7. The third-order valence-corrected chi connectivity index (χ3v) is 3.31. The van der Waals surface area contributed by atoms with E-state index in [1.165, 1.54) is 5.56 Å². The average molecular weight is 244 g/mol. The van der Waals surface area contributed by atoms with Gasteiger partial charge in [0.2, 0.25) is 0 Å². The second-order valence-corrected chi connectivity index (χ2v) is 6.40. The molecular formula is C17H24O. The Balaban J connectivity index is 3.08. The fraction of sp³-hybridized carbons (Fsp3) is 0.529. The predicted molar refractivity (Wildman–Crippen MR) is 77.2 cm³/mol. The Morgan fingerprint density at radius 1 is 1.17 bits per heavy atom. The molecule has 0 aliphatic rings. The van der Waals surface area contributed by atoms with Crippen LogP contribution in [0.4, 0.5) is 0 Å². The minimum absolute atomic E-state index is 0.388. The Morgan fingerprint density at radius 2 is 1.67 bits per heavy atom. The molecule has 1 heteroatoms. The van der Waals surface area contributed by atoms with Gasteiger partial charge in [-0.25, -0.2) is 0 Å². The molecule has 1 atom stereocenters. The molecule has 18 heavy (non-hydrogen) atoms. The van der Waals surface area contributed by atoms with Gasteiger partial charge in [0.05, 0.1) is 0 Å². The molecule has 1 N–H and O–H groups in total. The number of aliphatic hydroxyl groups is 1. The quantitative estimate of drug-likeness (QED) is 0.803. The van der Waals surface area contributed by atoms with E-state index < -0.39 is 5.60 Å². The number of benzene rings is 1. The summed E-state index contributed by atoms with van der Waals surface area (Å²) >= 11 is 0. The van der Waals surface area contributed by atoms with Gasteiger partial charge >= 0.3 is 0 Å². The van der Waals surface area contributed by atoms with E-state index in [1.54, 1.807) is 0 Å². The molecule has 98 valence electrons. The van der Waals surface area contributed by atoms with Crippen LogP contribution in [-0.4, -0.2) is 5.11 Å². The third-order valence-electron chi connectivity index (χ3n) is 3.31. The van der Waals surface area contributed by atoms with E-state index in [1.807, 2.05) is 32.9 Å². The van der Waals surface area contributed by atoms with Crippen molar-refractivity contribution in [3.05, 3.63) is 35.4 Å². The van der Waals surface area contributed by atoms with Crippen LogP contribution in [0.5, 0.6) is 0 Å². The van der Waals surface area contributed by atoms with Crippen LogP contribution in [-0.2, 0) is 12.0 Å². The van der Waals surface area contributed by atoms with Crippen molar-refractivity contribution in [2.45, 2.75) is 46.6 Å². The van der Waals surface area contributed by atoms with E-state index in [2.05, 4.69) is 31.9 Å². The monoisotopic (exact) mass is 244 g/mol. The van der Waals surface area contributed by atoms with Crippen molar-refractivity contribution in [2.75, 3.05) is 0 Å². The Kier molecular flexibility index (Phi) is 4.24. The summed E-state index contributed by atoms with van der Waals surface area (Å²) in [7, 11) is 0. The average Bonchev–Trinajstić information content (AvgIpc) is 2.26. The Hall–Kier alpha value is -1.26. The second-order valence-electron chi connectivity index (χ2n) is 6.40. The maximum absolute atomic E-state index is 10.7. The zero-order valence-corrected chi connectivity index (χ0v) is 12.1. The van der Waals surface area contributed by atoms with Crippen molar-refractivity contribution in [1.29, 1.82) is 0 Å². The predicted octanol–water partition coefficient (Wildman–Crippen LogP) is 3.75. The first-order valence-electron chi connectivity index (χ1n) is 6.50. The van der Waals surface area contributed by atoms with Gasteiger partial charge in [0, 0.05) is 5.41 Å². The van der Waals surface area contributed by atoms with E-state index in [-0.39, 0.29) is 5.41 Å². The molecule has 0 heterocycles. The molecule has 1 nitrogen and oxygen atoms in total. The van der Waals surface area contributed by atoms with Crippen LogP contribution in [0, 0.1) is 23.7 Å². The minimum Gasteiger partial charge on any atom is -0.373 e. The lowest BCUT2D eigenvalue weighted by atomic mass is 9.72. The van der Waals surface area contributed by atoms with Gasteiger partial charge in [0.15, 0.2) is 5.60 Å². The minimum atomic E-state index is -1.22.